The van der Waals surface area contributed by atoms with Gasteiger partial charge in [0.1, 0.15) is 11.4 Å². The first-order chi connectivity index (χ1) is 7.86. The summed E-state index contributed by atoms with van der Waals surface area (Å²) in [5.74, 6) is -0.911. The van der Waals surface area contributed by atoms with Crippen LogP contribution in [0.4, 0.5) is 10.1 Å². The molecule has 0 heterocycles. The topological polar surface area (TPSA) is 38.3 Å². The highest BCUT2D eigenvalue weighted by Gasteiger charge is 2.29. The molecule has 1 N–H and O–H groups in total. The van der Waals surface area contributed by atoms with Crippen molar-refractivity contribution in [1.29, 1.82) is 0 Å². The number of ether oxygens (including phenoxy) is 1. The minimum Gasteiger partial charge on any atom is -0.464 e. The van der Waals surface area contributed by atoms with Gasteiger partial charge < -0.3 is 10.1 Å². The molecule has 3 nitrogen and oxygen atoms in total. The normalized spacial score (nSPS) is 11.1. The lowest BCUT2D eigenvalue weighted by molar-refractivity contribution is -0.147. The number of esters is 1. The summed E-state index contributed by atoms with van der Waals surface area (Å²) in [6, 6.07) is 4.11. The van der Waals surface area contributed by atoms with E-state index in [9.17, 15) is 9.18 Å². The minimum atomic E-state index is -1.01. The summed E-state index contributed by atoms with van der Waals surface area (Å²) in [4.78, 5) is 11.6. The van der Waals surface area contributed by atoms with Gasteiger partial charge in [-0.1, -0.05) is 11.6 Å². The Labute approximate surface area is 105 Å². The Hall–Kier alpha value is -1.29. The van der Waals surface area contributed by atoms with Crippen molar-refractivity contribution >= 4 is 23.3 Å². The van der Waals surface area contributed by atoms with E-state index >= 15 is 0 Å². The largest absolute Gasteiger partial charge is 0.464 e. The molecule has 1 aromatic carbocycles. The molecule has 94 valence electrons. The third-order valence-corrected chi connectivity index (χ3v) is 2.40. The number of halogens is 2. The molecule has 0 saturated heterocycles. The molecule has 0 atom stereocenters. The van der Waals surface area contributed by atoms with Crippen molar-refractivity contribution < 1.29 is 13.9 Å². The Bertz CT molecular complexity index is 421. The number of nitrogens with one attached hydrogen (secondary N) is 1. The van der Waals surface area contributed by atoms with E-state index in [1.54, 1.807) is 20.8 Å². The monoisotopic (exact) mass is 259 g/mol. The van der Waals surface area contributed by atoms with Crippen LogP contribution >= 0.6 is 11.6 Å². The van der Waals surface area contributed by atoms with Gasteiger partial charge in [0, 0.05) is 5.02 Å². The fourth-order valence-electron chi connectivity index (χ4n) is 1.29. The number of carbonyl (C=O) groups excluding carboxylic acids is 1. The van der Waals surface area contributed by atoms with Crippen LogP contribution in [0.25, 0.3) is 0 Å². The van der Waals surface area contributed by atoms with E-state index in [-0.39, 0.29) is 12.3 Å². The molecule has 0 amide bonds. The zero-order chi connectivity index (χ0) is 13.1. The van der Waals surface area contributed by atoms with E-state index in [1.807, 2.05) is 0 Å². The van der Waals surface area contributed by atoms with Crippen LogP contribution in [0, 0.1) is 5.82 Å². The zero-order valence-electron chi connectivity index (χ0n) is 10.0. The maximum Gasteiger partial charge on any atom is 0.331 e. The van der Waals surface area contributed by atoms with Crippen LogP contribution in [0.2, 0.25) is 5.02 Å². The molecule has 17 heavy (non-hydrogen) atoms. The first-order valence-electron chi connectivity index (χ1n) is 5.27. The number of hydrogen-bond acceptors (Lipinski definition) is 3. The third-order valence-electron chi connectivity index (χ3n) is 2.16. The van der Waals surface area contributed by atoms with Crippen LogP contribution in [0.1, 0.15) is 20.8 Å². The SMILES string of the molecule is CCOC(=O)C(C)(C)Nc1cc(Cl)ccc1F. The lowest BCUT2D eigenvalue weighted by Crippen LogP contribution is -2.41. The summed E-state index contributed by atoms with van der Waals surface area (Å²) in [5, 5.41) is 3.17. The molecule has 0 spiro atoms. The van der Waals surface area contributed by atoms with Gasteiger partial charge in [0.15, 0.2) is 0 Å². The number of benzene rings is 1. The van der Waals surface area contributed by atoms with Crippen molar-refractivity contribution in [3.8, 4) is 0 Å². The van der Waals surface area contributed by atoms with E-state index in [0.717, 1.165) is 0 Å². The summed E-state index contributed by atoms with van der Waals surface area (Å²) in [7, 11) is 0. The second kappa shape index (κ2) is 5.36. The summed E-state index contributed by atoms with van der Waals surface area (Å²) in [6.45, 7) is 5.23. The molecule has 0 radical (unpaired) electrons. The molecule has 0 fully saturated rings. The Kier molecular flexibility index (Phi) is 4.34. The third kappa shape index (κ3) is 3.60. The van der Waals surface area contributed by atoms with Crippen molar-refractivity contribution in [1.82, 2.24) is 0 Å². The summed E-state index contributed by atoms with van der Waals surface area (Å²) in [5.41, 5.74) is -0.836. The fraction of sp³-hybridized carbons (Fsp3) is 0.417. The van der Waals surface area contributed by atoms with Crippen LogP contribution in [0.3, 0.4) is 0 Å². The van der Waals surface area contributed by atoms with Gasteiger partial charge in [-0.3, -0.25) is 0 Å². The predicted octanol–water partition coefficient (Wildman–Crippen LogP) is 3.23. The molecule has 5 heteroatoms. The van der Waals surface area contributed by atoms with Crippen LogP contribution in [0.15, 0.2) is 18.2 Å². The number of rotatable bonds is 4. The van der Waals surface area contributed by atoms with Gasteiger partial charge in [0.2, 0.25) is 0 Å². The average molecular weight is 260 g/mol. The molecule has 1 aromatic rings. The van der Waals surface area contributed by atoms with Crippen LogP contribution < -0.4 is 5.32 Å². The van der Waals surface area contributed by atoms with Crippen molar-refractivity contribution in [2.24, 2.45) is 0 Å². The van der Waals surface area contributed by atoms with E-state index in [0.29, 0.717) is 5.02 Å². The Morgan fingerprint density at radius 3 is 2.76 bits per heavy atom. The quantitative estimate of drug-likeness (QED) is 0.844. The van der Waals surface area contributed by atoms with Crippen molar-refractivity contribution in [3.63, 3.8) is 0 Å². The fourth-order valence-corrected chi connectivity index (χ4v) is 1.46. The van der Waals surface area contributed by atoms with Crippen molar-refractivity contribution in [3.05, 3.63) is 29.0 Å². The molecule has 0 aliphatic heterocycles. The summed E-state index contributed by atoms with van der Waals surface area (Å²) in [6.07, 6.45) is 0. The van der Waals surface area contributed by atoms with Gasteiger partial charge in [-0.05, 0) is 39.0 Å². The molecular weight excluding hydrogens is 245 g/mol. The van der Waals surface area contributed by atoms with Gasteiger partial charge in [-0.15, -0.1) is 0 Å². The molecule has 0 saturated carbocycles. The number of hydrogen-bond donors (Lipinski definition) is 1. The van der Waals surface area contributed by atoms with Gasteiger partial charge in [0.05, 0.1) is 12.3 Å². The molecular formula is C12H15ClFNO2. The predicted molar refractivity (Wildman–Crippen MR) is 65.7 cm³/mol. The highest BCUT2D eigenvalue weighted by Crippen LogP contribution is 2.23. The second-order valence-electron chi connectivity index (χ2n) is 4.09. The first kappa shape index (κ1) is 13.8. The maximum absolute atomic E-state index is 13.5. The molecule has 0 aliphatic rings. The number of carbonyl (C=O) groups is 1. The van der Waals surface area contributed by atoms with Crippen LogP contribution in [-0.2, 0) is 9.53 Å². The van der Waals surface area contributed by atoms with Crippen molar-refractivity contribution in [2.45, 2.75) is 26.3 Å². The van der Waals surface area contributed by atoms with Crippen molar-refractivity contribution in [2.75, 3.05) is 11.9 Å². The lowest BCUT2D eigenvalue weighted by atomic mass is 10.1. The first-order valence-corrected chi connectivity index (χ1v) is 5.65. The highest BCUT2D eigenvalue weighted by atomic mass is 35.5. The zero-order valence-corrected chi connectivity index (χ0v) is 10.8. The van der Waals surface area contributed by atoms with Gasteiger partial charge in [-0.2, -0.15) is 0 Å². The Morgan fingerprint density at radius 2 is 2.18 bits per heavy atom. The van der Waals surface area contributed by atoms with Gasteiger partial charge in [0.25, 0.3) is 0 Å². The standard InChI is InChI=1S/C12H15ClFNO2/c1-4-17-11(16)12(2,3)15-10-7-8(13)5-6-9(10)14/h5-7,15H,4H2,1-3H3. The molecule has 0 aromatic heterocycles. The van der Waals surface area contributed by atoms with Gasteiger partial charge in [-0.25, -0.2) is 9.18 Å². The van der Waals surface area contributed by atoms with E-state index in [1.165, 1.54) is 18.2 Å². The molecule has 0 unspecified atom stereocenters. The maximum atomic E-state index is 13.5. The van der Waals surface area contributed by atoms with E-state index in [4.69, 9.17) is 16.3 Å². The second-order valence-corrected chi connectivity index (χ2v) is 4.53. The van der Waals surface area contributed by atoms with E-state index in [2.05, 4.69) is 5.32 Å². The summed E-state index contributed by atoms with van der Waals surface area (Å²) < 4.78 is 18.4. The lowest BCUT2D eigenvalue weighted by Gasteiger charge is -2.25. The average Bonchev–Trinajstić information content (AvgIpc) is 2.23. The van der Waals surface area contributed by atoms with Crippen LogP contribution in [0.5, 0.6) is 0 Å². The van der Waals surface area contributed by atoms with Crippen LogP contribution in [-0.4, -0.2) is 18.1 Å². The molecule has 0 aliphatic carbocycles. The highest BCUT2D eigenvalue weighted by molar-refractivity contribution is 6.30. The Morgan fingerprint density at radius 1 is 1.53 bits per heavy atom. The molecule has 1 rings (SSSR count). The summed E-state index contributed by atoms with van der Waals surface area (Å²) >= 11 is 5.76. The van der Waals surface area contributed by atoms with E-state index < -0.39 is 17.3 Å². The smallest absolute Gasteiger partial charge is 0.331 e. The minimum absolute atomic E-state index is 0.176. The van der Waals surface area contributed by atoms with Gasteiger partial charge >= 0.3 is 5.97 Å². The number of anilines is 1. The molecule has 0 bridgehead atoms. The Balaban J connectivity index is 2.89.